The van der Waals surface area contributed by atoms with E-state index in [9.17, 15) is 13.2 Å². The van der Waals surface area contributed by atoms with Crippen LogP contribution >= 0.6 is 0 Å². The van der Waals surface area contributed by atoms with Crippen molar-refractivity contribution in [3.05, 3.63) is 71.3 Å². The molecule has 1 aliphatic heterocycles. The molecule has 26 heavy (non-hydrogen) atoms. The van der Waals surface area contributed by atoms with E-state index in [0.717, 1.165) is 11.1 Å². The summed E-state index contributed by atoms with van der Waals surface area (Å²) in [6.45, 7) is 0.225. The number of nitrogens with one attached hydrogen (secondary N) is 1. The van der Waals surface area contributed by atoms with Crippen LogP contribution in [-0.4, -0.2) is 36.1 Å². The Morgan fingerprint density at radius 3 is 2.54 bits per heavy atom. The Labute approximate surface area is 153 Å². The number of sulfonamides is 1. The first-order valence-corrected chi connectivity index (χ1v) is 10.2. The highest BCUT2D eigenvalue weighted by atomic mass is 32.2. The number of carbonyl (C=O) groups excluding carboxylic acids is 1. The van der Waals surface area contributed by atoms with Crippen molar-refractivity contribution in [2.24, 2.45) is 0 Å². The van der Waals surface area contributed by atoms with E-state index in [2.05, 4.69) is 0 Å². The van der Waals surface area contributed by atoms with Crippen LogP contribution in [-0.2, 0) is 27.7 Å². The molecule has 0 radical (unpaired) electrons. The number of hydrogen-bond acceptors (Lipinski definition) is 4. The van der Waals surface area contributed by atoms with Gasteiger partial charge in [0, 0.05) is 6.54 Å². The van der Waals surface area contributed by atoms with E-state index < -0.39 is 22.0 Å². The highest BCUT2D eigenvalue weighted by Crippen LogP contribution is 2.32. The minimum atomic E-state index is -3.64. The minimum Gasteiger partial charge on any atom is -0.289 e. The molecule has 2 aromatic carbocycles. The SMILES string of the molecule is O=C(NO)[C@H]1c2ccccc2CCN1S(=O)(=O)CCCc1ccccc1. The normalized spacial score (nSPS) is 17.5. The Kier molecular flexibility index (Phi) is 5.70. The molecule has 0 saturated carbocycles. The van der Waals surface area contributed by atoms with Crippen molar-refractivity contribution in [2.45, 2.75) is 25.3 Å². The predicted octanol–water partition coefficient (Wildman–Crippen LogP) is 2.05. The number of fused-ring (bicyclic) bond motifs is 1. The smallest absolute Gasteiger partial charge is 0.266 e. The fourth-order valence-corrected chi connectivity index (χ4v) is 5.04. The zero-order valence-corrected chi connectivity index (χ0v) is 15.2. The zero-order valence-electron chi connectivity index (χ0n) is 14.3. The van der Waals surface area contributed by atoms with Crippen LogP contribution in [0.3, 0.4) is 0 Å². The summed E-state index contributed by atoms with van der Waals surface area (Å²) in [5.74, 6) is -0.775. The molecule has 138 valence electrons. The highest BCUT2D eigenvalue weighted by molar-refractivity contribution is 7.89. The number of benzene rings is 2. The van der Waals surface area contributed by atoms with Gasteiger partial charge in [0.1, 0.15) is 6.04 Å². The summed E-state index contributed by atoms with van der Waals surface area (Å²) in [5.41, 5.74) is 4.24. The van der Waals surface area contributed by atoms with Gasteiger partial charge in [-0.3, -0.25) is 10.0 Å². The molecule has 6 nitrogen and oxygen atoms in total. The van der Waals surface area contributed by atoms with Gasteiger partial charge < -0.3 is 0 Å². The Morgan fingerprint density at radius 2 is 1.81 bits per heavy atom. The molecule has 2 aromatic rings. The van der Waals surface area contributed by atoms with Gasteiger partial charge >= 0.3 is 0 Å². The zero-order chi connectivity index (χ0) is 18.6. The first-order valence-electron chi connectivity index (χ1n) is 8.58. The summed E-state index contributed by atoms with van der Waals surface area (Å²) >= 11 is 0. The van der Waals surface area contributed by atoms with Crippen LogP contribution in [0.2, 0.25) is 0 Å². The summed E-state index contributed by atoms with van der Waals surface area (Å²) in [4.78, 5) is 12.2. The third-order valence-electron chi connectivity index (χ3n) is 4.67. The quantitative estimate of drug-likeness (QED) is 0.598. The first kappa shape index (κ1) is 18.6. The molecule has 0 aliphatic carbocycles. The lowest BCUT2D eigenvalue weighted by molar-refractivity contribution is -0.133. The van der Waals surface area contributed by atoms with E-state index in [1.165, 1.54) is 4.31 Å². The minimum absolute atomic E-state index is 0.0424. The molecule has 1 amide bonds. The second kappa shape index (κ2) is 7.99. The van der Waals surface area contributed by atoms with Crippen molar-refractivity contribution in [3.8, 4) is 0 Å². The van der Waals surface area contributed by atoms with E-state index >= 15 is 0 Å². The van der Waals surface area contributed by atoms with Crippen molar-refractivity contribution in [2.75, 3.05) is 12.3 Å². The molecule has 0 unspecified atom stereocenters. The molecule has 0 spiro atoms. The molecular formula is C19H22N2O4S. The van der Waals surface area contributed by atoms with Crippen LogP contribution in [0.25, 0.3) is 0 Å². The molecule has 0 saturated heterocycles. The van der Waals surface area contributed by atoms with Crippen molar-refractivity contribution in [1.82, 2.24) is 9.79 Å². The second-order valence-corrected chi connectivity index (χ2v) is 8.38. The monoisotopic (exact) mass is 374 g/mol. The number of amides is 1. The summed E-state index contributed by atoms with van der Waals surface area (Å²) < 4.78 is 27.0. The van der Waals surface area contributed by atoms with Crippen molar-refractivity contribution >= 4 is 15.9 Å². The Hall–Kier alpha value is -2.22. The third kappa shape index (κ3) is 3.95. The first-order chi connectivity index (χ1) is 12.5. The largest absolute Gasteiger partial charge is 0.289 e. The van der Waals surface area contributed by atoms with E-state index in [1.807, 2.05) is 42.5 Å². The molecule has 0 bridgehead atoms. The van der Waals surface area contributed by atoms with Gasteiger partial charge in [-0.1, -0.05) is 54.6 Å². The average molecular weight is 374 g/mol. The Balaban J connectivity index is 1.78. The van der Waals surface area contributed by atoms with Crippen LogP contribution in [0.5, 0.6) is 0 Å². The fourth-order valence-electron chi connectivity index (χ4n) is 3.40. The van der Waals surface area contributed by atoms with Gasteiger partial charge in [0.15, 0.2) is 0 Å². The number of rotatable bonds is 6. The molecule has 1 aliphatic rings. The Bertz CT molecular complexity index is 868. The molecule has 3 rings (SSSR count). The molecule has 0 fully saturated rings. The third-order valence-corrected chi connectivity index (χ3v) is 6.58. The maximum atomic E-state index is 12.9. The predicted molar refractivity (Wildman–Crippen MR) is 98.1 cm³/mol. The van der Waals surface area contributed by atoms with Gasteiger partial charge in [0.25, 0.3) is 5.91 Å². The molecular weight excluding hydrogens is 352 g/mol. The van der Waals surface area contributed by atoms with Gasteiger partial charge in [0.2, 0.25) is 10.0 Å². The highest BCUT2D eigenvalue weighted by Gasteiger charge is 2.39. The van der Waals surface area contributed by atoms with Gasteiger partial charge in [-0.25, -0.2) is 13.9 Å². The molecule has 7 heteroatoms. The van der Waals surface area contributed by atoms with E-state index in [1.54, 1.807) is 17.6 Å². The molecule has 2 N–H and O–H groups in total. The van der Waals surface area contributed by atoms with E-state index in [0.29, 0.717) is 24.8 Å². The number of nitrogens with zero attached hydrogens (tertiary/aromatic N) is 1. The maximum Gasteiger partial charge on any atom is 0.266 e. The summed E-state index contributed by atoms with van der Waals surface area (Å²) in [7, 11) is -3.64. The van der Waals surface area contributed by atoms with Crippen LogP contribution < -0.4 is 5.48 Å². The van der Waals surface area contributed by atoms with Crippen LogP contribution in [0.1, 0.15) is 29.2 Å². The van der Waals surface area contributed by atoms with E-state index in [4.69, 9.17) is 5.21 Å². The van der Waals surface area contributed by atoms with Crippen molar-refractivity contribution < 1.29 is 18.4 Å². The van der Waals surface area contributed by atoms with Crippen LogP contribution in [0.4, 0.5) is 0 Å². The average Bonchev–Trinajstić information content (AvgIpc) is 2.67. The topological polar surface area (TPSA) is 86.7 Å². The summed E-state index contributed by atoms with van der Waals surface area (Å²) in [6, 6.07) is 15.9. The van der Waals surface area contributed by atoms with Gasteiger partial charge in [-0.05, 0) is 36.0 Å². The lowest BCUT2D eigenvalue weighted by Gasteiger charge is -2.34. The van der Waals surface area contributed by atoms with E-state index in [-0.39, 0.29) is 12.3 Å². The number of carbonyl (C=O) groups is 1. The van der Waals surface area contributed by atoms with Gasteiger partial charge in [-0.2, -0.15) is 4.31 Å². The van der Waals surface area contributed by atoms with Crippen LogP contribution in [0, 0.1) is 0 Å². The second-order valence-electron chi connectivity index (χ2n) is 6.34. The van der Waals surface area contributed by atoms with Crippen molar-refractivity contribution in [3.63, 3.8) is 0 Å². The molecule has 0 aromatic heterocycles. The summed E-state index contributed by atoms with van der Waals surface area (Å²) in [5, 5.41) is 9.10. The summed E-state index contributed by atoms with van der Waals surface area (Å²) in [6.07, 6.45) is 1.67. The maximum absolute atomic E-state index is 12.9. The van der Waals surface area contributed by atoms with Gasteiger partial charge in [-0.15, -0.1) is 0 Å². The van der Waals surface area contributed by atoms with Crippen molar-refractivity contribution in [1.29, 1.82) is 0 Å². The standard InChI is InChI=1S/C19H22N2O4S/c22-19(20-23)18-17-11-5-4-10-16(17)12-13-21(18)26(24,25)14-6-9-15-7-2-1-3-8-15/h1-5,7-8,10-11,18,23H,6,9,12-14H2,(H,20,22)/t18-/m1/s1. The number of hydroxylamine groups is 1. The molecule has 1 heterocycles. The lowest BCUT2D eigenvalue weighted by atomic mass is 9.94. The molecule has 1 atom stereocenters. The Morgan fingerprint density at radius 1 is 1.12 bits per heavy atom. The van der Waals surface area contributed by atoms with Crippen LogP contribution in [0.15, 0.2) is 54.6 Å². The lowest BCUT2D eigenvalue weighted by Crippen LogP contribution is -2.47. The fraction of sp³-hybridized carbons (Fsp3) is 0.316. The number of aryl methyl sites for hydroxylation is 1. The number of hydrogen-bond donors (Lipinski definition) is 2. The van der Waals surface area contributed by atoms with Gasteiger partial charge in [0.05, 0.1) is 5.75 Å².